The average Bonchev–Trinajstić information content (AvgIpc) is 3.40. The number of amides is 3. The van der Waals surface area contributed by atoms with Gasteiger partial charge < -0.3 is 16.0 Å². The molecule has 0 saturated heterocycles. The molecule has 1 aliphatic heterocycles. The van der Waals surface area contributed by atoms with Gasteiger partial charge in [0.1, 0.15) is 16.0 Å². The second kappa shape index (κ2) is 11.2. The Morgan fingerprint density at radius 2 is 1.79 bits per heavy atom. The standard InChI is InChI=1S/C27H23ClF2N4O3S/c1-14(12-31)23(32-2)20-11-22(38-24(20)28)25(35)33-17(10-15-9-16(29)7-8-21(15)30)13-34-26(36)18-5-3-4-6-19(18)27(34)37/h3-9,11-12,17,31-32H,10,13H2,1-2H3,(H,33,35)/b23-14-,31-12?/t17-/m0/s1. The second-order valence-electron chi connectivity index (χ2n) is 8.63. The van der Waals surface area contributed by atoms with Gasteiger partial charge in [0.25, 0.3) is 17.7 Å². The maximum atomic E-state index is 14.5. The summed E-state index contributed by atoms with van der Waals surface area (Å²) in [5.74, 6) is -2.96. The molecule has 0 unspecified atom stereocenters. The Kier molecular flexibility index (Phi) is 8.03. The van der Waals surface area contributed by atoms with Gasteiger partial charge in [0.05, 0.1) is 22.0 Å². The lowest BCUT2D eigenvalue weighted by Crippen LogP contribution is -2.47. The molecular formula is C27H23ClF2N4O3S. The first kappa shape index (κ1) is 27.2. The fourth-order valence-corrected chi connectivity index (χ4v) is 5.47. The lowest BCUT2D eigenvalue weighted by molar-refractivity contribution is 0.0629. The third-order valence-electron chi connectivity index (χ3n) is 6.13. The molecule has 0 spiro atoms. The summed E-state index contributed by atoms with van der Waals surface area (Å²) in [5.41, 5.74) is 2.16. The molecule has 4 rings (SSSR count). The summed E-state index contributed by atoms with van der Waals surface area (Å²) in [6.45, 7) is 1.47. The van der Waals surface area contributed by atoms with Crippen molar-refractivity contribution in [2.75, 3.05) is 13.6 Å². The van der Waals surface area contributed by atoms with Gasteiger partial charge in [-0.05, 0) is 60.9 Å². The molecule has 196 valence electrons. The van der Waals surface area contributed by atoms with E-state index in [0.717, 1.165) is 40.7 Å². The van der Waals surface area contributed by atoms with Crippen molar-refractivity contribution in [3.05, 3.63) is 97.2 Å². The monoisotopic (exact) mass is 556 g/mol. The molecule has 0 fully saturated rings. The van der Waals surface area contributed by atoms with E-state index in [9.17, 15) is 23.2 Å². The first-order chi connectivity index (χ1) is 18.1. The van der Waals surface area contributed by atoms with E-state index in [1.165, 1.54) is 12.1 Å². The zero-order valence-electron chi connectivity index (χ0n) is 20.4. The quantitative estimate of drug-likeness (QED) is 0.257. The smallest absolute Gasteiger partial charge is 0.261 e. The normalized spacial score (nSPS) is 14.2. The Morgan fingerprint density at radius 1 is 1.13 bits per heavy atom. The van der Waals surface area contributed by atoms with E-state index in [-0.39, 0.29) is 34.5 Å². The number of fused-ring (bicyclic) bond motifs is 1. The largest absolute Gasteiger partial charge is 0.387 e. The lowest BCUT2D eigenvalue weighted by atomic mass is 10.0. The zero-order chi connectivity index (χ0) is 27.6. The van der Waals surface area contributed by atoms with Crippen molar-refractivity contribution in [3.63, 3.8) is 0 Å². The molecule has 2 heterocycles. The number of nitrogens with one attached hydrogen (secondary N) is 3. The Balaban J connectivity index is 1.64. The Labute approximate surface area is 226 Å². The summed E-state index contributed by atoms with van der Waals surface area (Å²) >= 11 is 7.40. The number of allylic oxidation sites excluding steroid dienone is 1. The van der Waals surface area contributed by atoms with Crippen LogP contribution in [0.25, 0.3) is 5.70 Å². The summed E-state index contributed by atoms with van der Waals surface area (Å²) in [6, 6.07) is 9.95. The molecule has 38 heavy (non-hydrogen) atoms. The minimum Gasteiger partial charge on any atom is -0.387 e. The molecule has 0 saturated carbocycles. The van der Waals surface area contributed by atoms with Crippen LogP contribution in [0.2, 0.25) is 4.34 Å². The van der Waals surface area contributed by atoms with Crippen LogP contribution in [-0.4, -0.2) is 48.5 Å². The van der Waals surface area contributed by atoms with E-state index in [1.54, 1.807) is 32.2 Å². The molecule has 3 N–H and O–H groups in total. The Bertz CT molecular complexity index is 1450. The van der Waals surface area contributed by atoms with Crippen molar-refractivity contribution in [1.82, 2.24) is 15.5 Å². The van der Waals surface area contributed by atoms with Crippen LogP contribution in [-0.2, 0) is 6.42 Å². The van der Waals surface area contributed by atoms with Crippen molar-refractivity contribution < 1.29 is 23.2 Å². The fraction of sp³-hybridized carbons (Fsp3) is 0.185. The van der Waals surface area contributed by atoms with Crippen LogP contribution in [0.3, 0.4) is 0 Å². The highest BCUT2D eigenvalue weighted by molar-refractivity contribution is 7.18. The van der Waals surface area contributed by atoms with Gasteiger partial charge >= 0.3 is 0 Å². The molecule has 1 aliphatic rings. The first-order valence-corrected chi connectivity index (χ1v) is 12.7. The fourth-order valence-electron chi connectivity index (χ4n) is 4.28. The van der Waals surface area contributed by atoms with Crippen molar-refractivity contribution >= 4 is 52.6 Å². The van der Waals surface area contributed by atoms with Gasteiger partial charge in [-0.1, -0.05) is 23.7 Å². The third-order valence-corrected chi connectivity index (χ3v) is 7.49. The molecule has 0 radical (unpaired) electrons. The van der Waals surface area contributed by atoms with E-state index < -0.39 is 35.4 Å². The van der Waals surface area contributed by atoms with Gasteiger partial charge in [0.15, 0.2) is 0 Å². The lowest BCUT2D eigenvalue weighted by Gasteiger charge is -2.24. The summed E-state index contributed by atoms with van der Waals surface area (Å²) in [7, 11) is 1.67. The molecular weight excluding hydrogens is 534 g/mol. The van der Waals surface area contributed by atoms with Gasteiger partial charge in [0, 0.05) is 31.1 Å². The number of halogens is 3. The molecule has 3 aromatic rings. The number of imide groups is 1. The van der Waals surface area contributed by atoms with E-state index in [0.29, 0.717) is 21.2 Å². The van der Waals surface area contributed by atoms with Gasteiger partial charge in [-0.3, -0.25) is 19.3 Å². The molecule has 0 aliphatic carbocycles. The number of hydrogen-bond donors (Lipinski definition) is 3. The predicted molar refractivity (Wildman–Crippen MR) is 143 cm³/mol. The molecule has 0 bridgehead atoms. The maximum absolute atomic E-state index is 14.5. The van der Waals surface area contributed by atoms with Gasteiger partial charge in [-0.25, -0.2) is 8.78 Å². The van der Waals surface area contributed by atoms with E-state index in [2.05, 4.69) is 10.6 Å². The van der Waals surface area contributed by atoms with Crippen LogP contribution in [0, 0.1) is 17.0 Å². The highest BCUT2D eigenvalue weighted by Gasteiger charge is 2.37. The average molecular weight is 557 g/mol. The van der Waals surface area contributed by atoms with Crippen LogP contribution in [0.1, 0.15) is 48.4 Å². The Hall–Kier alpha value is -3.89. The van der Waals surface area contributed by atoms with E-state index in [1.807, 2.05) is 0 Å². The van der Waals surface area contributed by atoms with Crippen LogP contribution < -0.4 is 10.6 Å². The summed E-state index contributed by atoms with van der Waals surface area (Å²) in [4.78, 5) is 40.4. The van der Waals surface area contributed by atoms with Crippen molar-refractivity contribution in [3.8, 4) is 0 Å². The van der Waals surface area contributed by atoms with Crippen molar-refractivity contribution in [2.45, 2.75) is 19.4 Å². The van der Waals surface area contributed by atoms with E-state index >= 15 is 0 Å². The molecule has 3 amide bonds. The number of benzene rings is 2. The summed E-state index contributed by atoms with van der Waals surface area (Å²) in [6.07, 6.45) is 0.981. The molecule has 7 nitrogen and oxygen atoms in total. The highest BCUT2D eigenvalue weighted by atomic mass is 35.5. The van der Waals surface area contributed by atoms with E-state index in [4.69, 9.17) is 17.0 Å². The number of nitrogens with zero attached hydrogens (tertiary/aromatic N) is 1. The predicted octanol–water partition coefficient (Wildman–Crippen LogP) is 4.92. The highest BCUT2D eigenvalue weighted by Crippen LogP contribution is 2.33. The van der Waals surface area contributed by atoms with Crippen LogP contribution >= 0.6 is 22.9 Å². The zero-order valence-corrected chi connectivity index (χ0v) is 22.0. The molecule has 1 atom stereocenters. The molecule has 1 aromatic heterocycles. The topological polar surface area (TPSA) is 102 Å². The van der Waals surface area contributed by atoms with Crippen LogP contribution in [0.4, 0.5) is 8.78 Å². The number of carbonyl (C=O) groups is 3. The Morgan fingerprint density at radius 3 is 2.39 bits per heavy atom. The van der Waals surface area contributed by atoms with Crippen LogP contribution in [0.15, 0.2) is 54.1 Å². The minimum atomic E-state index is -0.937. The number of rotatable bonds is 9. The minimum absolute atomic E-state index is 0.0150. The SMILES string of the molecule is CN/C(=C(/C)C=N)c1cc(C(=O)N[C@@H](Cc2cc(F)ccc2F)CN2C(=O)c3ccccc3C2=O)sc1Cl. The van der Waals surface area contributed by atoms with Gasteiger partial charge in [-0.2, -0.15) is 0 Å². The third kappa shape index (κ3) is 5.36. The molecule has 2 aromatic carbocycles. The maximum Gasteiger partial charge on any atom is 0.261 e. The van der Waals surface area contributed by atoms with Gasteiger partial charge in [-0.15, -0.1) is 11.3 Å². The van der Waals surface area contributed by atoms with Gasteiger partial charge in [0.2, 0.25) is 0 Å². The van der Waals surface area contributed by atoms with Crippen LogP contribution in [0.5, 0.6) is 0 Å². The number of thiophene rings is 1. The number of hydrogen-bond acceptors (Lipinski definition) is 6. The number of carbonyl (C=O) groups excluding carboxylic acids is 3. The second-order valence-corrected chi connectivity index (χ2v) is 10.3. The first-order valence-electron chi connectivity index (χ1n) is 11.5. The van der Waals surface area contributed by atoms with Crippen molar-refractivity contribution in [2.24, 2.45) is 0 Å². The molecule has 11 heteroatoms. The van der Waals surface area contributed by atoms with Crippen molar-refractivity contribution in [1.29, 1.82) is 5.41 Å². The summed E-state index contributed by atoms with van der Waals surface area (Å²) < 4.78 is 28.7. The summed E-state index contributed by atoms with van der Waals surface area (Å²) in [5, 5.41) is 13.2.